The quantitative estimate of drug-likeness (QED) is 0.888. The van der Waals surface area contributed by atoms with Crippen molar-refractivity contribution >= 4 is 52.2 Å². The molecule has 24 heavy (non-hydrogen) atoms. The first kappa shape index (κ1) is 16.7. The Labute approximate surface area is 149 Å². The van der Waals surface area contributed by atoms with E-state index in [-0.39, 0.29) is 34.2 Å². The molecule has 1 aliphatic rings. The zero-order valence-corrected chi connectivity index (χ0v) is 14.5. The van der Waals surface area contributed by atoms with Crippen LogP contribution < -0.4 is 10.2 Å². The number of benzene rings is 1. The maximum Gasteiger partial charge on any atom is 0.259 e. The van der Waals surface area contributed by atoms with Crippen molar-refractivity contribution in [3.05, 3.63) is 46.1 Å². The lowest BCUT2D eigenvalue weighted by Crippen LogP contribution is -2.35. The molecular formula is C16H14Cl2N4O2. The van der Waals surface area contributed by atoms with Crippen molar-refractivity contribution in [2.24, 2.45) is 0 Å². The fourth-order valence-electron chi connectivity index (χ4n) is 2.47. The number of carbonyl (C=O) groups is 2. The van der Waals surface area contributed by atoms with Crippen molar-refractivity contribution in [1.29, 1.82) is 0 Å². The van der Waals surface area contributed by atoms with Crippen LogP contribution in [0, 0.1) is 0 Å². The molecule has 0 bridgehead atoms. The van der Waals surface area contributed by atoms with Crippen molar-refractivity contribution in [3.63, 3.8) is 0 Å². The van der Waals surface area contributed by atoms with Crippen LogP contribution in [0.15, 0.2) is 30.5 Å². The number of hydrogen-bond donors (Lipinski definition) is 1. The summed E-state index contributed by atoms with van der Waals surface area (Å²) in [6.07, 6.45) is 1.53. The van der Waals surface area contributed by atoms with E-state index >= 15 is 0 Å². The Morgan fingerprint density at radius 1 is 1.29 bits per heavy atom. The van der Waals surface area contributed by atoms with Gasteiger partial charge in [-0.2, -0.15) is 0 Å². The highest BCUT2D eigenvalue weighted by molar-refractivity contribution is 6.42. The van der Waals surface area contributed by atoms with E-state index in [1.165, 1.54) is 17.2 Å². The van der Waals surface area contributed by atoms with Crippen LogP contribution in [0.25, 0.3) is 0 Å². The summed E-state index contributed by atoms with van der Waals surface area (Å²) >= 11 is 12.2. The lowest BCUT2D eigenvalue weighted by Gasteiger charge is -2.24. The highest BCUT2D eigenvalue weighted by Gasteiger charge is 2.31. The summed E-state index contributed by atoms with van der Waals surface area (Å²) < 4.78 is 0. The lowest BCUT2D eigenvalue weighted by atomic mass is 10.2. The first-order valence-corrected chi connectivity index (χ1v) is 7.87. The minimum Gasteiger partial charge on any atom is -0.320 e. The first-order chi connectivity index (χ1) is 11.4. The van der Waals surface area contributed by atoms with E-state index in [2.05, 4.69) is 10.3 Å². The number of fused-ring (bicyclic) bond motifs is 2. The van der Waals surface area contributed by atoms with E-state index in [4.69, 9.17) is 23.2 Å². The summed E-state index contributed by atoms with van der Waals surface area (Å²) in [4.78, 5) is 32.7. The monoisotopic (exact) mass is 364 g/mol. The number of anilines is 3. The molecule has 0 aliphatic carbocycles. The highest BCUT2D eigenvalue weighted by atomic mass is 35.5. The second-order valence-electron chi connectivity index (χ2n) is 5.58. The van der Waals surface area contributed by atoms with Crippen LogP contribution in [0.4, 0.5) is 17.2 Å². The second-order valence-corrected chi connectivity index (χ2v) is 6.39. The summed E-state index contributed by atoms with van der Waals surface area (Å²) in [5.74, 6) is -0.340. The molecule has 3 rings (SSSR count). The molecule has 1 aromatic heterocycles. The lowest BCUT2D eigenvalue weighted by molar-refractivity contribution is -0.118. The van der Waals surface area contributed by atoms with Crippen molar-refractivity contribution in [2.45, 2.75) is 0 Å². The molecule has 6 nitrogen and oxygen atoms in total. The number of hydrogen-bond acceptors (Lipinski definition) is 4. The minimum absolute atomic E-state index is 0.143. The van der Waals surface area contributed by atoms with Crippen molar-refractivity contribution < 1.29 is 9.59 Å². The molecule has 1 aromatic carbocycles. The normalized spacial score (nSPS) is 13.2. The van der Waals surface area contributed by atoms with E-state index in [1.54, 1.807) is 37.2 Å². The molecule has 2 aromatic rings. The number of rotatable bonds is 2. The molecule has 0 saturated heterocycles. The third-order valence-electron chi connectivity index (χ3n) is 3.47. The smallest absolute Gasteiger partial charge is 0.259 e. The number of carbonyl (C=O) groups excluding carboxylic acids is 2. The van der Waals surface area contributed by atoms with Crippen LogP contribution in [-0.4, -0.2) is 42.3 Å². The summed E-state index contributed by atoms with van der Waals surface area (Å²) in [5, 5.41) is 3.33. The van der Waals surface area contributed by atoms with Gasteiger partial charge in [0.2, 0.25) is 5.91 Å². The molecule has 0 spiro atoms. The molecule has 2 heterocycles. The first-order valence-electron chi connectivity index (χ1n) is 7.11. The predicted molar refractivity (Wildman–Crippen MR) is 94.4 cm³/mol. The van der Waals surface area contributed by atoms with E-state index < -0.39 is 0 Å². The topological polar surface area (TPSA) is 65.5 Å². The molecule has 0 radical (unpaired) electrons. The van der Waals surface area contributed by atoms with Gasteiger partial charge in [-0.1, -0.05) is 23.2 Å². The average molecular weight is 365 g/mol. The van der Waals surface area contributed by atoms with Crippen molar-refractivity contribution in [1.82, 2.24) is 9.88 Å². The van der Waals surface area contributed by atoms with Gasteiger partial charge >= 0.3 is 0 Å². The fraction of sp³-hybridized carbons (Fsp3) is 0.188. The molecule has 0 fully saturated rings. The zero-order valence-electron chi connectivity index (χ0n) is 13.0. The van der Waals surface area contributed by atoms with E-state index in [9.17, 15) is 9.59 Å². The fourth-order valence-corrected chi connectivity index (χ4v) is 2.79. The molecule has 2 amide bonds. The Bertz CT molecular complexity index is 839. The molecule has 0 unspecified atom stereocenters. The van der Waals surface area contributed by atoms with Crippen LogP contribution in [-0.2, 0) is 4.79 Å². The number of aromatic nitrogens is 1. The molecular weight excluding hydrogens is 351 g/mol. The van der Waals surface area contributed by atoms with Gasteiger partial charge in [0.05, 0.1) is 33.5 Å². The summed E-state index contributed by atoms with van der Waals surface area (Å²) in [5.41, 5.74) is 1.13. The summed E-state index contributed by atoms with van der Waals surface area (Å²) in [6, 6.07) is 6.33. The van der Waals surface area contributed by atoms with Gasteiger partial charge in [-0.15, -0.1) is 0 Å². The van der Waals surface area contributed by atoms with Gasteiger partial charge in [0.1, 0.15) is 0 Å². The zero-order chi connectivity index (χ0) is 17.4. The highest BCUT2D eigenvalue weighted by Crippen LogP contribution is 2.41. The van der Waals surface area contributed by atoms with Gasteiger partial charge < -0.3 is 10.2 Å². The summed E-state index contributed by atoms with van der Waals surface area (Å²) in [7, 11) is 3.57. The van der Waals surface area contributed by atoms with Crippen LogP contribution >= 0.6 is 23.2 Å². The molecule has 8 heteroatoms. The van der Waals surface area contributed by atoms with E-state index in [1.807, 2.05) is 0 Å². The van der Waals surface area contributed by atoms with Crippen LogP contribution in [0.5, 0.6) is 0 Å². The van der Waals surface area contributed by atoms with Gasteiger partial charge in [-0.05, 0) is 38.4 Å². The average Bonchev–Trinajstić information content (AvgIpc) is 2.62. The van der Waals surface area contributed by atoms with Gasteiger partial charge in [0.15, 0.2) is 5.82 Å². The largest absolute Gasteiger partial charge is 0.320 e. The van der Waals surface area contributed by atoms with Crippen molar-refractivity contribution in [2.75, 3.05) is 30.9 Å². The van der Waals surface area contributed by atoms with Crippen molar-refractivity contribution in [3.8, 4) is 0 Å². The van der Waals surface area contributed by atoms with Crippen LogP contribution in [0.1, 0.15) is 10.4 Å². The van der Waals surface area contributed by atoms with E-state index in [0.29, 0.717) is 16.9 Å². The Hall–Kier alpha value is -2.15. The van der Waals surface area contributed by atoms with Gasteiger partial charge in [0.25, 0.3) is 5.91 Å². The third-order valence-corrected chi connectivity index (χ3v) is 4.19. The number of amides is 2. The Morgan fingerprint density at radius 3 is 2.71 bits per heavy atom. The number of halogens is 2. The standard InChI is InChI=1S/C16H14Cl2N4O2/c1-21(2)8-14(23)22-13-7-11(18)10(17)6-12(13)20-16(24)9-4-3-5-19-15(9)22/h3-7H,8H2,1-2H3,(H,20,24). The maximum absolute atomic E-state index is 12.8. The number of pyridine rings is 1. The minimum atomic E-state index is -0.363. The van der Waals surface area contributed by atoms with E-state index in [0.717, 1.165) is 0 Å². The number of nitrogens with one attached hydrogen (secondary N) is 1. The van der Waals surface area contributed by atoms with Crippen LogP contribution in [0.2, 0.25) is 10.0 Å². The third kappa shape index (κ3) is 2.96. The Kier molecular flexibility index (Phi) is 4.45. The maximum atomic E-state index is 12.8. The van der Waals surface area contributed by atoms with Crippen LogP contribution in [0.3, 0.4) is 0 Å². The second kappa shape index (κ2) is 6.39. The Morgan fingerprint density at radius 2 is 2.00 bits per heavy atom. The summed E-state index contributed by atoms with van der Waals surface area (Å²) in [6.45, 7) is 0.143. The molecule has 1 N–H and O–H groups in total. The Balaban J connectivity index is 2.25. The SMILES string of the molecule is CN(C)CC(=O)N1c2cc(Cl)c(Cl)cc2NC(=O)c2cccnc21. The van der Waals surface area contributed by atoms with Gasteiger partial charge in [-0.25, -0.2) is 4.98 Å². The number of likely N-dealkylation sites (N-methyl/N-ethyl adjacent to an activating group) is 1. The van der Waals surface area contributed by atoms with Gasteiger partial charge in [-0.3, -0.25) is 14.5 Å². The molecule has 124 valence electrons. The molecule has 0 atom stereocenters. The van der Waals surface area contributed by atoms with Gasteiger partial charge in [0, 0.05) is 6.20 Å². The predicted octanol–water partition coefficient (Wildman–Crippen LogP) is 3.18. The number of nitrogens with zero attached hydrogens (tertiary/aromatic N) is 3. The molecule has 0 saturated carbocycles. The molecule has 1 aliphatic heterocycles.